The predicted octanol–water partition coefficient (Wildman–Crippen LogP) is 20.8. The number of fused-ring (bicyclic) bond motifs is 8. The Morgan fingerprint density at radius 1 is 0.375 bits per heavy atom. The fourth-order valence-corrected chi connectivity index (χ4v) is 20.2. The normalized spacial score (nSPS) is 17.8. The van der Waals surface area contributed by atoms with Gasteiger partial charge in [0.2, 0.25) is 0 Å². The zero-order valence-corrected chi connectivity index (χ0v) is 73.2. The molecule has 0 spiro atoms. The molecule has 3 N–H and O–H groups in total. The van der Waals surface area contributed by atoms with Crippen LogP contribution in [0.15, 0.2) is 152 Å². The highest BCUT2D eigenvalue weighted by molar-refractivity contribution is 8.00. The molecule has 8 aromatic rings. The Morgan fingerprint density at radius 3 is 1.07 bits per heavy atom. The fraction of sp³-hybridized carbons (Fsp3) is 0.420. The number of aliphatic hydroxyl groups is 1. The molecule has 16 rings (SSSR count). The van der Waals surface area contributed by atoms with E-state index in [0.29, 0.717) is 96.8 Å². The van der Waals surface area contributed by atoms with Crippen LogP contribution in [-0.4, -0.2) is 87.8 Å². The molecule has 8 aliphatic rings. The molecule has 0 heterocycles. The van der Waals surface area contributed by atoms with Crippen molar-refractivity contribution in [3.8, 4) is 0 Å². The van der Waals surface area contributed by atoms with Crippen LogP contribution < -0.4 is 5.73 Å². The van der Waals surface area contributed by atoms with Gasteiger partial charge in [-0.1, -0.05) is 108 Å². The van der Waals surface area contributed by atoms with Gasteiger partial charge in [-0.05, 0) is 209 Å². The van der Waals surface area contributed by atoms with Crippen LogP contribution in [0, 0.1) is 60.7 Å². The molecule has 32 heteroatoms. The Labute approximate surface area is 713 Å². The summed E-state index contributed by atoms with van der Waals surface area (Å²) in [6, 6.07) is 41.8. The number of ketones is 3. The van der Waals surface area contributed by atoms with Gasteiger partial charge in [-0.2, -0.15) is 12.6 Å². The van der Waals surface area contributed by atoms with E-state index in [1.54, 1.807) is 90.1 Å². The maximum Gasteiger partial charge on any atom is 0.270 e. The highest BCUT2D eigenvalue weighted by Crippen LogP contribution is 2.49. The number of sulfone groups is 2. The smallest absolute Gasteiger partial charge is 0.270 e. The number of hydrogen-bond acceptors (Lipinski definition) is 23. The number of anilines is 1. The number of Topliss-reactive ketones (excluding diaryl/α,β-unsaturated/α-hetero) is 3. The first-order valence-corrected chi connectivity index (χ1v) is 44.1. The van der Waals surface area contributed by atoms with Crippen molar-refractivity contribution in [1.29, 1.82) is 0 Å². The molecule has 120 heavy (non-hydrogen) atoms. The molecule has 5 atom stereocenters. The van der Waals surface area contributed by atoms with E-state index in [1.807, 2.05) is 60.3 Å². The predicted molar refractivity (Wildman–Crippen MR) is 471 cm³/mol. The second-order valence-electron chi connectivity index (χ2n) is 34.0. The second kappa shape index (κ2) is 39.6. The van der Waals surface area contributed by atoms with Gasteiger partial charge in [-0.25, -0.2) is 16.8 Å². The van der Waals surface area contributed by atoms with Gasteiger partial charge in [0.05, 0.1) is 61.0 Å². The molecule has 0 saturated heterocycles. The Bertz CT molecular complexity index is 5340. The summed E-state index contributed by atoms with van der Waals surface area (Å²) >= 11 is 12.0. The highest BCUT2D eigenvalue weighted by Gasteiger charge is 2.43. The first-order chi connectivity index (χ1) is 55.8. The Balaban J connectivity index is 0.000000170. The van der Waals surface area contributed by atoms with Crippen molar-refractivity contribution in [3.05, 3.63) is 301 Å². The Kier molecular flexibility index (Phi) is 31.4. The van der Waals surface area contributed by atoms with E-state index in [9.17, 15) is 97.0 Å². The van der Waals surface area contributed by atoms with Crippen molar-refractivity contribution >= 4 is 113 Å². The molecule has 0 aromatic heterocycles. The zero-order chi connectivity index (χ0) is 89.1. The molecule has 0 amide bonds. The number of halogens is 1. The number of nitro groups is 6. The summed E-state index contributed by atoms with van der Waals surface area (Å²) in [5.41, 5.74) is 21.6. The summed E-state index contributed by atoms with van der Waals surface area (Å²) in [5.74, 6) is 0.327. The highest BCUT2D eigenvalue weighted by atomic mass is 35.5. The Hall–Kier alpha value is -10.2. The molecule has 0 radical (unpaired) electrons. The number of hydrogen-bond donors (Lipinski definition) is 3. The summed E-state index contributed by atoms with van der Waals surface area (Å²) in [5, 5.41) is 72.1. The van der Waals surface area contributed by atoms with Crippen molar-refractivity contribution in [2.75, 3.05) is 5.73 Å². The van der Waals surface area contributed by atoms with E-state index in [4.69, 9.17) is 17.3 Å². The maximum atomic E-state index is 12.5. The number of alkyl halides is 1. The molecule has 0 fully saturated rings. The molecular formula is C88H102ClN7O20S4. The van der Waals surface area contributed by atoms with Crippen molar-refractivity contribution in [2.24, 2.45) is 0 Å². The SMILES string of the molecule is CC(C)(C)S.CC(C)(C)S(=O)(=O)C1CCc2ccc(N)cc21.CC(C)(C)S(=O)(=O)C1CCc2ccc([N+](=O)[O-])cc21.CC(C)(C)SC1CCc2ccc([N+](=O)[O-])cc21.O=C1CCc2ccc([N+](=O)[O-])cc21.O=C1CCc2ccc([N+](=O)[O-])cc21.O=C1CCc2ccccc21.O=[N+]([O-])c1ccc2c(c1)C(Cl)CC2.O=[N+]([O-])c1ccc2c(c1)C(O)CC2. The van der Waals surface area contributed by atoms with Gasteiger partial charge in [-0.15, -0.1) is 23.4 Å². The van der Waals surface area contributed by atoms with Crippen LogP contribution in [0.25, 0.3) is 0 Å². The van der Waals surface area contributed by atoms with Crippen molar-refractivity contribution < 1.29 is 65.9 Å². The summed E-state index contributed by atoms with van der Waals surface area (Å²) in [6.45, 7) is 23.0. The summed E-state index contributed by atoms with van der Waals surface area (Å²) in [4.78, 5) is 94.2. The number of nitrogen functional groups attached to an aromatic ring is 1. The van der Waals surface area contributed by atoms with Crippen LogP contribution >= 0.6 is 36.0 Å². The molecule has 5 unspecified atom stereocenters. The number of carbonyl (C=O) groups is 3. The number of aliphatic hydroxyl groups excluding tert-OH is 1. The lowest BCUT2D eigenvalue weighted by Crippen LogP contribution is -2.32. The Morgan fingerprint density at radius 2 is 0.675 bits per heavy atom. The molecule has 0 aliphatic heterocycles. The average Bonchev–Trinajstić information content (AvgIpc) is 1.60. The number of aryl methyl sites for hydroxylation is 8. The quantitative estimate of drug-likeness (QED) is 0.0397. The topological polar surface area (TPSA) is 425 Å². The summed E-state index contributed by atoms with van der Waals surface area (Å²) in [7, 11) is -6.52. The largest absolute Gasteiger partial charge is 0.399 e. The maximum absolute atomic E-state index is 12.5. The molecule has 8 aliphatic carbocycles. The fourth-order valence-electron chi connectivity index (χ4n) is 14.8. The monoisotopic (exact) mass is 1740 g/mol. The summed E-state index contributed by atoms with van der Waals surface area (Å²) in [6.07, 6.45) is 11.6. The van der Waals surface area contributed by atoms with E-state index in [2.05, 4.69) is 54.2 Å². The number of nitro benzene ring substituents is 6. The minimum atomic E-state index is -3.35. The molecule has 8 aromatic carbocycles. The lowest BCUT2D eigenvalue weighted by Gasteiger charge is -2.24. The minimum absolute atomic E-state index is 0.00556. The number of benzene rings is 8. The molecule has 0 bridgehead atoms. The van der Waals surface area contributed by atoms with E-state index >= 15 is 0 Å². The van der Waals surface area contributed by atoms with E-state index in [1.165, 1.54) is 71.3 Å². The van der Waals surface area contributed by atoms with E-state index in [0.717, 1.165) is 95.0 Å². The molecule has 0 saturated carbocycles. The lowest BCUT2D eigenvalue weighted by atomic mass is 10.1. The second-order valence-corrected chi connectivity index (χ2v) is 43.7. The molecule has 640 valence electrons. The third kappa shape index (κ3) is 24.8. The van der Waals surface area contributed by atoms with Gasteiger partial charge in [0.25, 0.3) is 34.1 Å². The third-order valence-electron chi connectivity index (χ3n) is 21.0. The van der Waals surface area contributed by atoms with Crippen LogP contribution in [0.1, 0.15) is 265 Å². The van der Waals surface area contributed by atoms with Crippen molar-refractivity contribution in [2.45, 2.75) is 232 Å². The van der Waals surface area contributed by atoms with Crippen LogP contribution in [0.3, 0.4) is 0 Å². The number of rotatable bonds is 9. The van der Waals surface area contributed by atoms with Gasteiger partial charge < -0.3 is 10.8 Å². The minimum Gasteiger partial charge on any atom is -0.399 e. The van der Waals surface area contributed by atoms with Crippen LogP contribution in [-0.2, 0) is 71.0 Å². The number of nitrogens with zero attached hydrogens (tertiary/aromatic N) is 6. The van der Waals surface area contributed by atoms with Gasteiger partial charge in [-0.3, -0.25) is 75.1 Å². The molecule has 27 nitrogen and oxygen atoms in total. The first kappa shape index (κ1) is 95.3. The van der Waals surface area contributed by atoms with Crippen molar-refractivity contribution in [3.63, 3.8) is 0 Å². The van der Waals surface area contributed by atoms with Gasteiger partial charge in [0.15, 0.2) is 37.0 Å². The number of thioether (sulfide) groups is 1. The molecular weight excluding hydrogens is 1640 g/mol. The lowest BCUT2D eigenvalue weighted by molar-refractivity contribution is -0.385. The number of carbonyl (C=O) groups excluding carboxylic acids is 3. The average molecular weight is 1740 g/mol. The third-order valence-corrected chi connectivity index (χ3v) is 28.8. The first-order valence-electron chi connectivity index (χ1n) is 39.2. The number of nitrogens with two attached hydrogens (primary N) is 1. The van der Waals surface area contributed by atoms with Gasteiger partial charge in [0.1, 0.15) is 0 Å². The van der Waals surface area contributed by atoms with Crippen LogP contribution in [0.4, 0.5) is 39.8 Å². The summed E-state index contributed by atoms with van der Waals surface area (Å²) < 4.78 is 48.8. The van der Waals surface area contributed by atoms with Gasteiger partial charge in [0, 0.05) is 129 Å². The van der Waals surface area contributed by atoms with Crippen LogP contribution in [0.5, 0.6) is 0 Å². The van der Waals surface area contributed by atoms with Crippen molar-refractivity contribution in [1.82, 2.24) is 0 Å². The number of thiol groups is 1. The van der Waals surface area contributed by atoms with Crippen LogP contribution in [0.2, 0.25) is 0 Å². The van der Waals surface area contributed by atoms with E-state index < -0.39 is 60.2 Å². The zero-order valence-electron chi connectivity index (χ0n) is 69.1. The van der Waals surface area contributed by atoms with E-state index in [-0.39, 0.29) is 75.7 Å². The van der Waals surface area contributed by atoms with Gasteiger partial charge >= 0.3 is 0 Å². The number of non-ortho nitro benzene ring substituents is 6. The standard InChI is InChI=1S/C13H17NO4S.C13H19NO2S.C13H17NO2S.C9H8ClNO2.C9H9NO3.2C9H7NO3.C9H8O.C4H10S/c1-13(2,3)19(17,18)12-7-5-9-4-6-10(14(15)16)8-11(9)12;1-13(2,3)17(15,16)12-7-5-9-4-6-10(14)8-11(9)12;1-13(2,3)17-12-7-5-9-4-6-10(14(15)16)8-11(9)12;10-9-4-2-6-1-3-7(11(12)13)5-8(6)9;3*11-9-4-2-6-1-3-7(10(12)13)5-8(6)9;10-9-6-5-7-3-1-2-4-8(7)9;1-4(2,3)5/h4,6,8,12H,5,7H2,1-3H3;4,6,8,12H,5,7,14H2,1-3H3;4,6,8,12H,5,7H2,1-3H3;1,3,5,9H,2,4H2;1,3,5,9,11H,2,4H2;2*1,3,5H,2,4H2;1-4H,5-6H2;5H,1-3H3.